The van der Waals surface area contributed by atoms with E-state index in [2.05, 4.69) is 21.2 Å². The number of hydrogen-bond acceptors (Lipinski definition) is 2. The van der Waals surface area contributed by atoms with E-state index < -0.39 is 0 Å². The van der Waals surface area contributed by atoms with Crippen molar-refractivity contribution < 1.29 is 4.79 Å². The van der Waals surface area contributed by atoms with Crippen molar-refractivity contribution in [3.63, 3.8) is 0 Å². The van der Waals surface area contributed by atoms with Gasteiger partial charge >= 0.3 is 0 Å². The van der Waals surface area contributed by atoms with Crippen LogP contribution in [-0.2, 0) is 4.79 Å². The van der Waals surface area contributed by atoms with Crippen molar-refractivity contribution in [1.29, 1.82) is 0 Å². The molecule has 0 aliphatic carbocycles. The highest BCUT2D eigenvalue weighted by Crippen LogP contribution is 2.26. The predicted molar refractivity (Wildman–Crippen MR) is 75.2 cm³/mol. The molecule has 0 saturated heterocycles. The maximum absolute atomic E-state index is 11.8. The molecule has 3 N–H and O–H groups in total. The fraction of sp³-hybridized carbons (Fsp3) is 0.417. The van der Waals surface area contributed by atoms with Gasteiger partial charge in [0.15, 0.2) is 0 Å². The van der Waals surface area contributed by atoms with Crippen LogP contribution in [0.2, 0.25) is 5.02 Å². The number of anilines is 1. The van der Waals surface area contributed by atoms with Crippen LogP contribution in [0.3, 0.4) is 0 Å². The summed E-state index contributed by atoms with van der Waals surface area (Å²) in [6, 6.07) is 5.28. The van der Waals surface area contributed by atoms with E-state index in [1.165, 1.54) is 0 Å². The molecule has 0 aliphatic rings. The molecule has 0 aliphatic heterocycles. The second kappa shape index (κ2) is 6.99. The number of carbonyl (C=O) groups excluding carboxylic acids is 1. The van der Waals surface area contributed by atoms with Gasteiger partial charge in [0.05, 0.1) is 5.69 Å². The molecule has 0 spiro atoms. The second-order valence-corrected chi connectivity index (χ2v) is 5.18. The molecule has 1 amide bonds. The van der Waals surface area contributed by atoms with Crippen molar-refractivity contribution in [1.82, 2.24) is 0 Å². The first-order valence-electron chi connectivity index (χ1n) is 5.51. The minimum atomic E-state index is -0.0368. The van der Waals surface area contributed by atoms with E-state index in [0.717, 1.165) is 10.9 Å². The smallest absolute Gasteiger partial charge is 0.224 e. The van der Waals surface area contributed by atoms with Crippen LogP contribution in [0.5, 0.6) is 0 Å². The Morgan fingerprint density at radius 3 is 2.88 bits per heavy atom. The SMILES string of the molecule is CCC(CN)CC(=O)Nc1cc(Cl)ccc1Br. The first-order valence-corrected chi connectivity index (χ1v) is 6.68. The lowest BCUT2D eigenvalue weighted by molar-refractivity contribution is -0.117. The minimum Gasteiger partial charge on any atom is -0.330 e. The van der Waals surface area contributed by atoms with E-state index in [-0.39, 0.29) is 11.8 Å². The number of hydrogen-bond donors (Lipinski definition) is 2. The first-order chi connectivity index (χ1) is 8.06. The largest absolute Gasteiger partial charge is 0.330 e. The number of rotatable bonds is 5. The Morgan fingerprint density at radius 1 is 1.59 bits per heavy atom. The molecule has 0 saturated carbocycles. The minimum absolute atomic E-state index is 0.0368. The molecule has 0 heterocycles. The van der Waals surface area contributed by atoms with Gasteiger partial charge in [0.25, 0.3) is 0 Å². The van der Waals surface area contributed by atoms with Crippen LogP contribution in [0.25, 0.3) is 0 Å². The summed E-state index contributed by atoms with van der Waals surface area (Å²) in [4.78, 5) is 11.8. The molecule has 3 nitrogen and oxygen atoms in total. The molecular formula is C12H16BrClN2O. The molecule has 1 unspecified atom stereocenters. The number of nitrogens with two attached hydrogens (primary N) is 1. The highest BCUT2D eigenvalue weighted by molar-refractivity contribution is 9.10. The van der Waals surface area contributed by atoms with Crippen molar-refractivity contribution in [3.8, 4) is 0 Å². The van der Waals surface area contributed by atoms with Gasteiger partial charge in [0, 0.05) is 15.9 Å². The third kappa shape index (κ3) is 4.66. The van der Waals surface area contributed by atoms with Gasteiger partial charge in [-0.2, -0.15) is 0 Å². The van der Waals surface area contributed by atoms with Gasteiger partial charge < -0.3 is 11.1 Å². The van der Waals surface area contributed by atoms with Crippen LogP contribution >= 0.6 is 27.5 Å². The Bertz CT molecular complexity index is 394. The fourth-order valence-electron chi connectivity index (χ4n) is 1.45. The Hall–Kier alpha value is -0.580. The molecule has 0 radical (unpaired) electrons. The summed E-state index contributed by atoms with van der Waals surface area (Å²) in [7, 11) is 0. The zero-order valence-corrected chi connectivity index (χ0v) is 12.0. The Morgan fingerprint density at radius 2 is 2.29 bits per heavy atom. The van der Waals surface area contributed by atoms with E-state index in [4.69, 9.17) is 17.3 Å². The van der Waals surface area contributed by atoms with Gasteiger partial charge in [-0.25, -0.2) is 0 Å². The highest BCUT2D eigenvalue weighted by Gasteiger charge is 2.12. The Balaban J connectivity index is 2.64. The van der Waals surface area contributed by atoms with Gasteiger partial charge in [0.2, 0.25) is 5.91 Å². The van der Waals surface area contributed by atoms with Crippen molar-refractivity contribution in [2.45, 2.75) is 19.8 Å². The van der Waals surface area contributed by atoms with Crippen LogP contribution in [0.4, 0.5) is 5.69 Å². The maximum atomic E-state index is 11.8. The number of amides is 1. The average Bonchev–Trinajstić information content (AvgIpc) is 2.31. The average molecular weight is 320 g/mol. The van der Waals surface area contributed by atoms with E-state index in [9.17, 15) is 4.79 Å². The fourth-order valence-corrected chi connectivity index (χ4v) is 1.97. The van der Waals surface area contributed by atoms with Crippen LogP contribution in [0.15, 0.2) is 22.7 Å². The van der Waals surface area contributed by atoms with Crippen molar-refractivity contribution in [2.75, 3.05) is 11.9 Å². The lowest BCUT2D eigenvalue weighted by Gasteiger charge is -2.13. The monoisotopic (exact) mass is 318 g/mol. The molecule has 0 aromatic heterocycles. The molecule has 5 heteroatoms. The number of carbonyl (C=O) groups is 1. The van der Waals surface area contributed by atoms with Gasteiger partial charge in [-0.3, -0.25) is 4.79 Å². The summed E-state index contributed by atoms with van der Waals surface area (Å²) in [5.74, 6) is 0.193. The van der Waals surface area contributed by atoms with E-state index in [0.29, 0.717) is 23.7 Å². The highest BCUT2D eigenvalue weighted by atomic mass is 79.9. The Kier molecular flexibility index (Phi) is 5.95. The van der Waals surface area contributed by atoms with Crippen molar-refractivity contribution >= 4 is 39.1 Å². The standard InChI is InChI=1S/C12H16BrClN2O/c1-2-8(7-15)5-12(17)16-11-6-9(14)3-4-10(11)13/h3-4,6,8H,2,5,7,15H2,1H3,(H,16,17). The van der Waals surface area contributed by atoms with Crippen LogP contribution in [0, 0.1) is 5.92 Å². The summed E-state index contributed by atoms with van der Waals surface area (Å²) < 4.78 is 0.816. The maximum Gasteiger partial charge on any atom is 0.224 e. The normalized spacial score (nSPS) is 12.2. The summed E-state index contributed by atoms with van der Waals surface area (Å²) in [5, 5.41) is 3.42. The van der Waals surface area contributed by atoms with E-state index >= 15 is 0 Å². The molecule has 1 aromatic carbocycles. The summed E-state index contributed by atoms with van der Waals surface area (Å²) >= 11 is 9.23. The lowest BCUT2D eigenvalue weighted by Crippen LogP contribution is -2.21. The molecular weight excluding hydrogens is 304 g/mol. The first kappa shape index (κ1) is 14.5. The van der Waals surface area contributed by atoms with Crippen LogP contribution in [-0.4, -0.2) is 12.5 Å². The van der Waals surface area contributed by atoms with E-state index in [1.54, 1.807) is 18.2 Å². The van der Waals surface area contributed by atoms with Gasteiger partial charge in [-0.1, -0.05) is 24.9 Å². The topological polar surface area (TPSA) is 55.1 Å². The zero-order chi connectivity index (χ0) is 12.8. The van der Waals surface area contributed by atoms with Crippen LogP contribution in [0.1, 0.15) is 19.8 Å². The molecule has 0 fully saturated rings. The van der Waals surface area contributed by atoms with Crippen molar-refractivity contribution in [3.05, 3.63) is 27.7 Å². The number of benzene rings is 1. The molecule has 1 aromatic rings. The van der Waals surface area contributed by atoms with Gasteiger partial charge in [0.1, 0.15) is 0 Å². The van der Waals surface area contributed by atoms with E-state index in [1.807, 2.05) is 6.92 Å². The van der Waals surface area contributed by atoms with Gasteiger partial charge in [-0.15, -0.1) is 0 Å². The second-order valence-electron chi connectivity index (χ2n) is 3.89. The summed E-state index contributed by atoms with van der Waals surface area (Å²) in [5.41, 5.74) is 6.26. The van der Waals surface area contributed by atoms with Crippen molar-refractivity contribution in [2.24, 2.45) is 11.7 Å². The zero-order valence-electron chi connectivity index (χ0n) is 9.67. The summed E-state index contributed by atoms with van der Waals surface area (Å²) in [6.07, 6.45) is 1.34. The van der Waals surface area contributed by atoms with Crippen LogP contribution < -0.4 is 11.1 Å². The Labute approximate surface area is 115 Å². The molecule has 1 rings (SSSR count). The third-order valence-corrected chi connectivity index (χ3v) is 3.51. The molecule has 0 bridgehead atoms. The molecule has 17 heavy (non-hydrogen) atoms. The predicted octanol–water partition coefficient (Wildman–Crippen LogP) is 3.42. The number of halogens is 2. The quantitative estimate of drug-likeness (QED) is 0.873. The number of nitrogens with one attached hydrogen (secondary N) is 1. The molecule has 1 atom stereocenters. The lowest BCUT2D eigenvalue weighted by atomic mass is 10.0. The van der Waals surface area contributed by atoms with Gasteiger partial charge in [-0.05, 0) is 46.6 Å². The third-order valence-electron chi connectivity index (χ3n) is 2.59. The summed E-state index contributed by atoms with van der Waals surface area (Å²) in [6.45, 7) is 2.56. The molecule has 94 valence electrons.